The van der Waals surface area contributed by atoms with Crippen molar-refractivity contribution in [3.8, 4) is 0 Å². The summed E-state index contributed by atoms with van der Waals surface area (Å²) < 4.78 is 0. The van der Waals surface area contributed by atoms with Crippen LogP contribution in [0.5, 0.6) is 0 Å². The second-order valence-corrected chi connectivity index (χ2v) is 6.69. The van der Waals surface area contributed by atoms with Gasteiger partial charge in [-0.05, 0) is 18.8 Å². The molecule has 0 aromatic carbocycles. The van der Waals surface area contributed by atoms with Crippen LogP contribution in [0.3, 0.4) is 0 Å². The highest BCUT2D eigenvalue weighted by atomic mass is 16.5. The summed E-state index contributed by atoms with van der Waals surface area (Å²) in [4.78, 5) is 0. The highest BCUT2D eigenvalue weighted by Crippen LogP contribution is 2.14. The van der Waals surface area contributed by atoms with E-state index in [-0.39, 0.29) is 0 Å². The van der Waals surface area contributed by atoms with Crippen molar-refractivity contribution in [1.29, 1.82) is 0 Å². The van der Waals surface area contributed by atoms with Gasteiger partial charge in [-0.15, -0.1) is 0 Å². The van der Waals surface area contributed by atoms with Crippen molar-refractivity contribution in [2.24, 2.45) is 5.92 Å². The second-order valence-electron chi connectivity index (χ2n) is 6.69. The standard InChI is InChI=1S/C18H38O2/c1-17(2)15-13-11-9-7-5-3-4-6-8-10-12-14-16-18(19)20/h17-20H,3-16H2,1-2H3. The lowest BCUT2D eigenvalue weighted by molar-refractivity contribution is -0.0466. The number of aliphatic hydroxyl groups is 2. The smallest absolute Gasteiger partial charge is 0.151 e. The van der Waals surface area contributed by atoms with E-state index in [9.17, 15) is 0 Å². The van der Waals surface area contributed by atoms with E-state index in [4.69, 9.17) is 10.2 Å². The average Bonchev–Trinajstić information content (AvgIpc) is 2.38. The third-order valence-electron chi connectivity index (χ3n) is 3.99. The number of hydrogen-bond acceptors (Lipinski definition) is 2. The Labute approximate surface area is 127 Å². The Morgan fingerprint density at radius 1 is 0.500 bits per heavy atom. The predicted octanol–water partition coefficient (Wildman–Crippen LogP) is 5.41. The van der Waals surface area contributed by atoms with Crippen LogP contribution in [-0.2, 0) is 0 Å². The van der Waals surface area contributed by atoms with Crippen LogP contribution in [-0.4, -0.2) is 16.5 Å². The highest BCUT2D eigenvalue weighted by molar-refractivity contribution is 4.51. The number of hydrogen-bond donors (Lipinski definition) is 2. The molecule has 2 nitrogen and oxygen atoms in total. The van der Waals surface area contributed by atoms with Crippen LogP contribution in [0.25, 0.3) is 0 Å². The van der Waals surface area contributed by atoms with E-state index in [0.29, 0.717) is 6.42 Å². The molecule has 0 aromatic heterocycles. The van der Waals surface area contributed by atoms with Gasteiger partial charge in [0.1, 0.15) is 0 Å². The van der Waals surface area contributed by atoms with Gasteiger partial charge >= 0.3 is 0 Å². The van der Waals surface area contributed by atoms with E-state index < -0.39 is 6.29 Å². The average molecular weight is 286 g/mol. The first kappa shape index (κ1) is 19.9. The van der Waals surface area contributed by atoms with Crippen molar-refractivity contribution in [1.82, 2.24) is 0 Å². The van der Waals surface area contributed by atoms with Crippen molar-refractivity contribution < 1.29 is 10.2 Å². The molecular weight excluding hydrogens is 248 g/mol. The van der Waals surface area contributed by atoms with E-state index in [2.05, 4.69) is 13.8 Å². The molecule has 0 aliphatic carbocycles. The Kier molecular flexibility index (Phi) is 15.3. The molecule has 0 rings (SSSR count). The fraction of sp³-hybridized carbons (Fsp3) is 1.00. The van der Waals surface area contributed by atoms with Crippen molar-refractivity contribution in [3.05, 3.63) is 0 Å². The van der Waals surface area contributed by atoms with Gasteiger partial charge in [0.05, 0.1) is 0 Å². The van der Waals surface area contributed by atoms with Gasteiger partial charge in [0.2, 0.25) is 0 Å². The van der Waals surface area contributed by atoms with Gasteiger partial charge in [-0.2, -0.15) is 0 Å². The zero-order chi connectivity index (χ0) is 15.1. The number of aliphatic hydroxyl groups excluding tert-OH is 1. The lowest BCUT2D eigenvalue weighted by atomic mass is 10.0. The molecule has 0 saturated heterocycles. The minimum absolute atomic E-state index is 0.539. The number of rotatable bonds is 15. The summed E-state index contributed by atoms with van der Waals surface area (Å²) in [5.74, 6) is 0.871. The molecule has 0 atom stereocenters. The summed E-state index contributed by atoms with van der Waals surface area (Å²) in [6.45, 7) is 4.62. The zero-order valence-electron chi connectivity index (χ0n) is 13.9. The third-order valence-corrected chi connectivity index (χ3v) is 3.99. The monoisotopic (exact) mass is 286 g/mol. The first-order chi connectivity index (χ1) is 9.63. The molecule has 0 fully saturated rings. The van der Waals surface area contributed by atoms with Crippen molar-refractivity contribution in [2.45, 2.75) is 110 Å². The van der Waals surface area contributed by atoms with Crippen molar-refractivity contribution in [3.63, 3.8) is 0 Å². The molecule has 0 saturated carbocycles. The molecule has 122 valence electrons. The summed E-state index contributed by atoms with van der Waals surface area (Å²) in [5, 5.41) is 17.4. The van der Waals surface area contributed by atoms with Crippen molar-refractivity contribution in [2.75, 3.05) is 0 Å². The molecule has 0 bridgehead atoms. The number of unbranched alkanes of at least 4 members (excludes halogenated alkanes) is 11. The van der Waals surface area contributed by atoms with Crippen LogP contribution in [0.15, 0.2) is 0 Å². The summed E-state index contributed by atoms with van der Waals surface area (Å²) in [6, 6.07) is 0. The Hall–Kier alpha value is -0.0800. The summed E-state index contributed by atoms with van der Waals surface area (Å²) in [7, 11) is 0. The molecule has 2 N–H and O–H groups in total. The van der Waals surface area contributed by atoms with Gasteiger partial charge in [-0.1, -0.05) is 90.9 Å². The molecule has 0 aliphatic rings. The largest absolute Gasteiger partial charge is 0.368 e. The van der Waals surface area contributed by atoms with E-state index in [1.165, 1.54) is 70.6 Å². The predicted molar refractivity (Wildman–Crippen MR) is 87.7 cm³/mol. The van der Waals surface area contributed by atoms with Crippen LogP contribution < -0.4 is 0 Å². The van der Waals surface area contributed by atoms with Gasteiger partial charge in [0, 0.05) is 0 Å². The van der Waals surface area contributed by atoms with Gasteiger partial charge in [0.15, 0.2) is 6.29 Å². The Bertz CT molecular complexity index is 158. The van der Waals surface area contributed by atoms with E-state index in [1.807, 2.05) is 0 Å². The highest BCUT2D eigenvalue weighted by Gasteiger charge is 1.97. The lowest BCUT2D eigenvalue weighted by Gasteiger charge is -2.05. The van der Waals surface area contributed by atoms with Crippen LogP contribution in [0.4, 0.5) is 0 Å². The molecule has 20 heavy (non-hydrogen) atoms. The molecule has 0 aliphatic heterocycles. The van der Waals surface area contributed by atoms with Crippen LogP contribution in [0, 0.1) is 5.92 Å². The molecule has 0 radical (unpaired) electrons. The molecule has 0 heterocycles. The van der Waals surface area contributed by atoms with E-state index in [0.717, 1.165) is 18.8 Å². The fourth-order valence-corrected chi connectivity index (χ4v) is 2.65. The van der Waals surface area contributed by atoms with Crippen LogP contribution >= 0.6 is 0 Å². The zero-order valence-corrected chi connectivity index (χ0v) is 13.9. The summed E-state index contributed by atoms with van der Waals surface area (Å²) in [5.41, 5.74) is 0. The maximum atomic E-state index is 8.71. The minimum atomic E-state index is -1.10. The molecule has 0 amide bonds. The van der Waals surface area contributed by atoms with E-state index >= 15 is 0 Å². The maximum absolute atomic E-state index is 8.71. The Morgan fingerprint density at radius 3 is 1.10 bits per heavy atom. The molecule has 2 heteroatoms. The quantitative estimate of drug-likeness (QED) is 0.312. The van der Waals surface area contributed by atoms with Crippen molar-refractivity contribution >= 4 is 0 Å². The van der Waals surface area contributed by atoms with Crippen LogP contribution in [0.2, 0.25) is 0 Å². The molecular formula is C18H38O2. The Morgan fingerprint density at radius 2 is 0.800 bits per heavy atom. The Balaban J connectivity index is 2.96. The fourth-order valence-electron chi connectivity index (χ4n) is 2.65. The van der Waals surface area contributed by atoms with Gasteiger partial charge in [-0.3, -0.25) is 0 Å². The normalized spacial score (nSPS) is 11.7. The minimum Gasteiger partial charge on any atom is -0.368 e. The SMILES string of the molecule is CC(C)CCCCCCCCCCCCCCC(O)O. The lowest BCUT2D eigenvalue weighted by Crippen LogP contribution is -2.02. The first-order valence-corrected chi connectivity index (χ1v) is 8.99. The van der Waals surface area contributed by atoms with Crippen LogP contribution in [0.1, 0.15) is 104 Å². The second kappa shape index (κ2) is 15.3. The summed E-state index contributed by atoms with van der Waals surface area (Å²) >= 11 is 0. The first-order valence-electron chi connectivity index (χ1n) is 8.99. The molecule has 0 aromatic rings. The van der Waals surface area contributed by atoms with Gasteiger partial charge < -0.3 is 10.2 Å². The molecule has 0 unspecified atom stereocenters. The topological polar surface area (TPSA) is 40.5 Å². The van der Waals surface area contributed by atoms with Gasteiger partial charge in [-0.25, -0.2) is 0 Å². The third kappa shape index (κ3) is 17.9. The maximum Gasteiger partial charge on any atom is 0.151 e. The van der Waals surface area contributed by atoms with Gasteiger partial charge in [0.25, 0.3) is 0 Å². The molecule has 0 spiro atoms. The summed E-state index contributed by atoms with van der Waals surface area (Å²) in [6.07, 6.45) is 16.7. The van der Waals surface area contributed by atoms with E-state index in [1.54, 1.807) is 0 Å².